The fraction of sp³-hybridized carbons (Fsp3) is 0.400. The number of rotatable bonds is 4. The summed E-state index contributed by atoms with van der Waals surface area (Å²) in [6, 6.07) is 3.56. The molecule has 0 amide bonds. The maximum atomic E-state index is 10.3. The van der Waals surface area contributed by atoms with Crippen molar-refractivity contribution in [2.24, 2.45) is 5.92 Å². The van der Waals surface area contributed by atoms with Gasteiger partial charge in [-0.15, -0.1) is 0 Å². The molecular formula is C10H14N2O. The second-order valence-electron chi connectivity index (χ2n) is 3.37. The Bertz CT molecular complexity index is 267. The van der Waals surface area contributed by atoms with E-state index in [1.54, 1.807) is 12.3 Å². The molecule has 0 saturated carbocycles. The fourth-order valence-electron chi connectivity index (χ4n) is 0.888. The minimum Gasteiger partial charge on any atom is -0.370 e. The lowest BCUT2D eigenvalue weighted by Gasteiger charge is -2.07. The molecule has 0 aliphatic rings. The first kappa shape index (κ1) is 9.71. The predicted octanol–water partition coefficient (Wildman–Crippen LogP) is 1.96. The number of nitrogens with one attached hydrogen (secondary N) is 1. The van der Waals surface area contributed by atoms with E-state index in [1.807, 2.05) is 6.07 Å². The molecule has 1 N–H and O–H groups in total. The predicted molar refractivity (Wildman–Crippen MR) is 53.0 cm³/mol. The van der Waals surface area contributed by atoms with Crippen molar-refractivity contribution >= 4 is 12.1 Å². The van der Waals surface area contributed by atoms with Gasteiger partial charge in [0.1, 0.15) is 5.82 Å². The molecule has 0 aromatic carbocycles. The van der Waals surface area contributed by atoms with Crippen molar-refractivity contribution in [3.05, 3.63) is 23.9 Å². The van der Waals surface area contributed by atoms with Gasteiger partial charge in [0.05, 0.1) is 0 Å². The molecule has 3 nitrogen and oxygen atoms in total. The third kappa shape index (κ3) is 3.23. The van der Waals surface area contributed by atoms with Gasteiger partial charge in [0.15, 0.2) is 6.29 Å². The van der Waals surface area contributed by atoms with Gasteiger partial charge in [-0.25, -0.2) is 4.98 Å². The van der Waals surface area contributed by atoms with Crippen molar-refractivity contribution in [1.29, 1.82) is 0 Å². The van der Waals surface area contributed by atoms with Crippen LogP contribution in [0.25, 0.3) is 0 Å². The van der Waals surface area contributed by atoms with Crippen molar-refractivity contribution < 1.29 is 4.79 Å². The molecule has 0 radical (unpaired) electrons. The Hall–Kier alpha value is -1.38. The van der Waals surface area contributed by atoms with Crippen molar-refractivity contribution in [2.75, 3.05) is 11.9 Å². The number of aldehydes is 1. The molecule has 0 bridgehead atoms. The molecule has 1 rings (SSSR count). The molecule has 0 saturated heterocycles. The first-order valence-electron chi connectivity index (χ1n) is 4.37. The number of pyridine rings is 1. The lowest BCUT2D eigenvalue weighted by Crippen LogP contribution is -2.08. The largest absolute Gasteiger partial charge is 0.370 e. The van der Waals surface area contributed by atoms with E-state index in [-0.39, 0.29) is 0 Å². The molecule has 0 aliphatic carbocycles. The van der Waals surface area contributed by atoms with Gasteiger partial charge in [-0.3, -0.25) is 4.79 Å². The van der Waals surface area contributed by atoms with Crippen LogP contribution in [0.1, 0.15) is 24.2 Å². The van der Waals surface area contributed by atoms with Crippen LogP contribution in [0, 0.1) is 5.92 Å². The zero-order chi connectivity index (χ0) is 9.68. The number of anilines is 1. The monoisotopic (exact) mass is 178 g/mol. The summed E-state index contributed by atoms with van der Waals surface area (Å²) in [6.07, 6.45) is 2.36. The highest BCUT2D eigenvalue weighted by Gasteiger charge is 1.96. The molecule has 0 aliphatic heterocycles. The van der Waals surface area contributed by atoms with Crippen LogP contribution in [-0.4, -0.2) is 17.8 Å². The summed E-state index contributed by atoms with van der Waals surface area (Å²) in [5.41, 5.74) is 0.607. The van der Waals surface area contributed by atoms with Gasteiger partial charge in [-0.1, -0.05) is 13.8 Å². The van der Waals surface area contributed by atoms with Crippen LogP contribution in [0.5, 0.6) is 0 Å². The van der Waals surface area contributed by atoms with E-state index in [0.29, 0.717) is 11.5 Å². The summed E-state index contributed by atoms with van der Waals surface area (Å²) in [7, 11) is 0. The Balaban J connectivity index is 2.54. The summed E-state index contributed by atoms with van der Waals surface area (Å²) in [6.45, 7) is 5.16. The first-order chi connectivity index (χ1) is 6.22. The average Bonchev–Trinajstić information content (AvgIpc) is 2.15. The van der Waals surface area contributed by atoms with E-state index in [9.17, 15) is 4.79 Å². The summed E-state index contributed by atoms with van der Waals surface area (Å²) in [5, 5.41) is 3.17. The van der Waals surface area contributed by atoms with Gasteiger partial charge in [0, 0.05) is 18.3 Å². The zero-order valence-corrected chi connectivity index (χ0v) is 7.95. The first-order valence-corrected chi connectivity index (χ1v) is 4.37. The van der Waals surface area contributed by atoms with Crippen LogP contribution >= 0.6 is 0 Å². The standard InChI is InChI=1S/C10H14N2O/c1-8(2)5-11-10-4-3-9(7-13)6-12-10/h3-4,6-8H,5H2,1-2H3,(H,11,12). The van der Waals surface area contributed by atoms with Gasteiger partial charge in [-0.05, 0) is 18.1 Å². The highest BCUT2D eigenvalue weighted by atomic mass is 16.1. The van der Waals surface area contributed by atoms with Crippen LogP contribution in [0.4, 0.5) is 5.82 Å². The minimum absolute atomic E-state index is 0.590. The van der Waals surface area contributed by atoms with E-state index >= 15 is 0 Å². The number of carbonyl (C=O) groups excluding carboxylic acids is 1. The molecule has 0 spiro atoms. The Kier molecular flexibility index (Phi) is 3.43. The van der Waals surface area contributed by atoms with E-state index in [1.165, 1.54) is 0 Å². The van der Waals surface area contributed by atoms with Crippen LogP contribution in [0.2, 0.25) is 0 Å². The molecule has 0 fully saturated rings. The summed E-state index contributed by atoms with van der Waals surface area (Å²) >= 11 is 0. The molecule has 3 heteroatoms. The zero-order valence-electron chi connectivity index (χ0n) is 7.95. The molecule has 0 atom stereocenters. The second-order valence-corrected chi connectivity index (χ2v) is 3.37. The molecule has 13 heavy (non-hydrogen) atoms. The Morgan fingerprint density at radius 3 is 2.77 bits per heavy atom. The van der Waals surface area contributed by atoms with Crippen molar-refractivity contribution in [1.82, 2.24) is 4.98 Å². The molecule has 1 aromatic rings. The Labute approximate surface area is 78.2 Å². The van der Waals surface area contributed by atoms with Crippen molar-refractivity contribution in [3.63, 3.8) is 0 Å². The summed E-state index contributed by atoms with van der Waals surface area (Å²) in [4.78, 5) is 14.4. The van der Waals surface area contributed by atoms with Crippen LogP contribution < -0.4 is 5.32 Å². The molecule has 1 aromatic heterocycles. The highest BCUT2D eigenvalue weighted by molar-refractivity contribution is 5.74. The quantitative estimate of drug-likeness (QED) is 0.716. The van der Waals surface area contributed by atoms with Gasteiger partial charge in [0.2, 0.25) is 0 Å². The fourth-order valence-corrected chi connectivity index (χ4v) is 0.888. The normalized spacial score (nSPS) is 10.1. The number of nitrogens with zero attached hydrogens (tertiary/aromatic N) is 1. The Morgan fingerprint density at radius 1 is 1.54 bits per heavy atom. The lowest BCUT2D eigenvalue weighted by atomic mass is 10.2. The van der Waals surface area contributed by atoms with Crippen molar-refractivity contribution in [3.8, 4) is 0 Å². The minimum atomic E-state index is 0.590. The van der Waals surface area contributed by atoms with Crippen LogP contribution in [-0.2, 0) is 0 Å². The van der Waals surface area contributed by atoms with Crippen molar-refractivity contribution in [2.45, 2.75) is 13.8 Å². The topological polar surface area (TPSA) is 42.0 Å². The third-order valence-corrected chi connectivity index (χ3v) is 1.61. The highest BCUT2D eigenvalue weighted by Crippen LogP contribution is 2.04. The molecular weight excluding hydrogens is 164 g/mol. The molecule has 0 unspecified atom stereocenters. The Morgan fingerprint density at radius 2 is 2.31 bits per heavy atom. The maximum Gasteiger partial charge on any atom is 0.151 e. The molecule has 70 valence electrons. The molecule has 1 heterocycles. The van der Waals surface area contributed by atoms with Gasteiger partial charge in [0.25, 0.3) is 0 Å². The number of carbonyl (C=O) groups is 1. The van der Waals surface area contributed by atoms with Crippen LogP contribution in [0.3, 0.4) is 0 Å². The van der Waals surface area contributed by atoms with E-state index < -0.39 is 0 Å². The van der Waals surface area contributed by atoms with Gasteiger partial charge in [-0.2, -0.15) is 0 Å². The average molecular weight is 178 g/mol. The van der Waals surface area contributed by atoms with Crippen LogP contribution in [0.15, 0.2) is 18.3 Å². The maximum absolute atomic E-state index is 10.3. The number of hydrogen-bond donors (Lipinski definition) is 1. The smallest absolute Gasteiger partial charge is 0.151 e. The van der Waals surface area contributed by atoms with E-state index in [2.05, 4.69) is 24.1 Å². The SMILES string of the molecule is CC(C)CNc1ccc(C=O)cn1. The second kappa shape index (κ2) is 4.60. The summed E-state index contributed by atoms with van der Waals surface area (Å²) < 4.78 is 0. The summed E-state index contributed by atoms with van der Waals surface area (Å²) in [5.74, 6) is 1.41. The van der Waals surface area contributed by atoms with Gasteiger partial charge >= 0.3 is 0 Å². The van der Waals surface area contributed by atoms with E-state index in [0.717, 1.165) is 18.6 Å². The van der Waals surface area contributed by atoms with Gasteiger partial charge < -0.3 is 5.32 Å². The number of hydrogen-bond acceptors (Lipinski definition) is 3. The van der Waals surface area contributed by atoms with E-state index in [4.69, 9.17) is 0 Å². The third-order valence-electron chi connectivity index (χ3n) is 1.61. The lowest BCUT2D eigenvalue weighted by molar-refractivity contribution is 0.112. The number of aromatic nitrogens is 1.